The summed E-state index contributed by atoms with van der Waals surface area (Å²) in [5.41, 5.74) is 0.462. The van der Waals surface area contributed by atoms with Gasteiger partial charge in [-0.05, 0) is 57.2 Å². The third-order valence-corrected chi connectivity index (χ3v) is 8.50. The predicted octanol–water partition coefficient (Wildman–Crippen LogP) is 6.91. The number of carbonyl (C=O) groups is 3. The highest BCUT2D eigenvalue weighted by Crippen LogP contribution is 2.24. The van der Waals surface area contributed by atoms with E-state index in [0.717, 1.165) is 0 Å². The molecule has 0 heterocycles. The number of hydrogen-bond acceptors (Lipinski definition) is 9. The van der Waals surface area contributed by atoms with Gasteiger partial charge < -0.3 is 14.2 Å². The molecule has 0 saturated heterocycles. The maximum absolute atomic E-state index is 13.3. The largest absolute Gasteiger partial charge is 0.525 e. The van der Waals surface area contributed by atoms with Crippen molar-refractivity contribution in [2.45, 2.75) is 20.8 Å². The normalized spacial score (nSPS) is 12.7. The number of nitrogens with zero attached hydrogens (tertiary/aromatic N) is 6. The average molecular weight is 637 g/mol. The van der Waals surface area contributed by atoms with Crippen LogP contribution in [0.1, 0.15) is 51.8 Å². The van der Waals surface area contributed by atoms with Gasteiger partial charge in [-0.15, -0.1) is 15.3 Å². The van der Waals surface area contributed by atoms with Crippen LogP contribution in [-0.2, 0) is 0 Å². The maximum atomic E-state index is 13.3. The van der Waals surface area contributed by atoms with Gasteiger partial charge in [0.25, 0.3) is 17.7 Å². The zero-order chi connectivity index (χ0) is 32.8. The topological polar surface area (TPSA) is 153 Å². The Morgan fingerprint density at radius 1 is 0.478 bits per heavy atom. The van der Waals surface area contributed by atoms with Crippen molar-refractivity contribution in [1.29, 1.82) is 0 Å². The maximum Gasteiger partial charge on any atom is 0.525 e. The van der Waals surface area contributed by atoms with Crippen LogP contribution >= 0.6 is 0 Å². The highest BCUT2D eigenvalue weighted by atomic mass is 28.4. The Bertz CT molecular complexity index is 1590. The number of ether oxygens (including phenoxy) is 3. The summed E-state index contributed by atoms with van der Waals surface area (Å²) in [4.78, 5) is 40.0. The van der Waals surface area contributed by atoms with Gasteiger partial charge in [0.1, 0.15) is 17.2 Å². The summed E-state index contributed by atoms with van der Waals surface area (Å²) >= 11 is 0. The molecular formula is C33H32N6O6Si. The van der Waals surface area contributed by atoms with Crippen molar-refractivity contribution >= 4 is 31.5 Å². The minimum Gasteiger partial charge on any atom is -0.493 e. The van der Waals surface area contributed by atoms with Gasteiger partial charge in [0, 0.05) is 5.19 Å². The van der Waals surface area contributed by atoms with E-state index in [4.69, 9.17) is 14.2 Å². The Morgan fingerprint density at radius 2 is 0.783 bits per heavy atom. The second kappa shape index (κ2) is 16.4. The van der Waals surface area contributed by atoms with Gasteiger partial charge in [-0.3, -0.25) is 14.4 Å². The third-order valence-electron chi connectivity index (χ3n) is 6.25. The monoisotopic (exact) mass is 636 g/mol. The summed E-state index contributed by atoms with van der Waals surface area (Å²) in [6.45, 7) is 6.34. The molecule has 12 nitrogen and oxygen atoms in total. The lowest BCUT2D eigenvalue weighted by Crippen LogP contribution is -2.43. The van der Waals surface area contributed by atoms with Crippen LogP contribution in [0.3, 0.4) is 0 Å². The van der Waals surface area contributed by atoms with Gasteiger partial charge in [0.05, 0.1) is 36.5 Å². The fraction of sp³-hybridized carbons (Fsp3) is 0.182. The lowest BCUT2D eigenvalue weighted by Gasteiger charge is -2.14. The predicted molar refractivity (Wildman–Crippen MR) is 172 cm³/mol. The van der Waals surface area contributed by atoms with E-state index in [1.807, 2.05) is 0 Å². The molecule has 3 amide bonds. The molecule has 4 aromatic rings. The van der Waals surface area contributed by atoms with E-state index in [-0.39, 0.29) is 16.7 Å². The van der Waals surface area contributed by atoms with Crippen LogP contribution in [0.4, 0.5) is 0 Å². The van der Waals surface area contributed by atoms with Crippen molar-refractivity contribution in [3.63, 3.8) is 0 Å². The molecule has 13 heteroatoms. The number of benzene rings is 4. The zero-order valence-corrected chi connectivity index (χ0v) is 26.6. The molecule has 4 rings (SSSR count). The van der Waals surface area contributed by atoms with Crippen molar-refractivity contribution in [1.82, 2.24) is 0 Å². The van der Waals surface area contributed by atoms with Crippen LogP contribution in [0.15, 0.2) is 133 Å². The molecule has 0 spiro atoms. The smallest absolute Gasteiger partial charge is 0.493 e. The summed E-state index contributed by atoms with van der Waals surface area (Å²) in [6, 6.07) is 28.1. The van der Waals surface area contributed by atoms with Gasteiger partial charge in [-0.1, -0.05) is 66.7 Å². The quantitative estimate of drug-likeness (QED) is 0.115. The molecule has 0 saturated carbocycles. The van der Waals surface area contributed by atoms with E-state index < -0.39 is 26.3 Å². The number of carbonyl (C=O) groups excluding carboxylic acids is 3. The second-order valence-corrected chi connectivity index (χ2v) is 11.8. The lowest BCUT2D eigenvalue weighted by molar-refractivity contribution is 0.0985. The van der Waals surface area contributed by atoms with E-state index in [1.165, 1.54) is 0 Å². The molecule has 0 fully saturated rings. The van der Waals surface area contributed by atoms with Crippen LogP contribution in [0.5, 0.6) is 17.2 Å². The van der Waals surface area contributed by atoms with Crippen LogP contribution in [0.2, 0.25) is 0 Å². The minimum atomic E-state index is -4.28. The number of rotatable bonds is 13. The zero-order valence-electron chi connectivity index (χ0n) is 25.6. The molecule has 0 aromatic heterocycles. The lowest BCUT2D eigenvalue weighted by atomic mass is 10.2. The van der Waals surface area contributed by atoms with Crippen LogP contribution < -0.4 is 19.4 Å². The van der Waals surface area contributed by atoms with Crippen molar-refractivity contribution in [2.75, 3.05) is 19.8 Å². The molecule has 234 valence electrons. The van der Waals surface area contributed by atoms with Gasteiger partial charge in [0.2, 0.25) is 0 Å². The summed E-state index contributed by atoms with van der Waals surface area (Å²) in [5.74, 6) is -1.30. The number of para-hydroxylation sites is 3. The van der Waals surface area contributed by atoms with Gasteiger partial charge in [-0.25, -0.2) is 0 Å². The van der Waals surface area contributed by atoms with E-state index in [9.17, 15) is 14.4 Å². The Morgan fingerprint density at radius 3 is 1.11 bits per heavy atom. The number of hydrogen-bond donors (Lipinski definition) is 0. The summed E-state index contributed by atoms with van der Waals surface area (Å²) in [7, 11) is -4.28. The molecular weight excluding hydrogens is 604 g/mol. The molecule has 0 aliphatic rings. The fourth-order valence-corrected chi connectivity index (χ4v) is 5.97. The van der Waals surface area contributed by atoms with E-state index in [1.54, 1.807) is 124 Å². The molecule has 0 aliphatic heterocycles. The van der Waals surface area contributed by atoms with E-state index in [0.29, 0.717) is 42.3 Å². The highest BCUT2D eigenvalue weighted by Gasteiger charge is 2.42. The Kier molecular flexibility index (Phi) is 11.8. The Balaban J connectivity index is 1.85. The first kappa shape index (κ1) is 33.2. The van der Waals surface area contributed by atoms with Crippen LogP contribution in [0.25, 0.3) is 0 Å². The van der Waals surface area contributed by atoms with Crippen molar-refractivity contribution in [3.8, 4) is 17.2 Å². The molecule has 4 aromatic carbocycles. The van der Waals surface area contributed by atoms with E-state index >= 15 is 0 Å². The van der Waals surface area contributed by atoms with Gasteiger partial charge >= 0.3 is 8.56 Å². The number of amides is 3. The van der Waals surface area contributed by atoms with Crippen molar-refractivity contribution < 1.29 is 28.6 Å². The summed E-state index contributed by atoms with van der Waals surface area (Å²) in [6.07, 6.45) is 0. The molecule has 0 bridgehead atoms. The minimum absolute atomic E-state index is 0.154. The standard InChI is InChI=1S/C33H32N6O6Si/c1-4-43-28-21-13-10-18-25(28)31(40)34-37-46(24-16-8-7-9-17-24,38-35-32(41)26-19-11-14-22-29(26)44-5-2)39-36-33(42)27-20-12-15-23-30(27)45-6-3/h7-23H,4-6H2,1-3H3. The SMILES string of the molecule is CCOc1ccccc1C(=O)N=N[Si](N=NC(=O)c1ccccc1OCC)(N=NC(=O)c1ccccc1OCC)c1ccccc1. The van der Waals surface area contributed by atoms with Gasteiger partial charge in [0.15, 0.2) is 0 Å². The van der Waals surface area contributed by atoms with Crippen molar-refractivity contribution in [2.24, 2.45) is 29.7 Å². The summed E-state index contributed by atoms with van der Waals surface area (Å²) < 4.78 is 29.7. The first-order chi connectivity index (χ1) is 22.4. The average Bonchev–Trinajstić information content (AvgIpc) is 3.09. The molecule has 0 radical (unpaired) electrons. The molecule has 46 heavy (non-hydrogen) atoms. The Hall–Kier alpha value is -5.69. The molecule has 0 N–H and O–H groups in total. The third kappa shape index (κ3) is 8.27. The summed E-state index contributed by atoms with van der Waals surface area (Å²) in [5, 5.41) is 12.3. The van der Waals surface area contributed by atoms with Crippen LogP contribution in [-0.4, -0.2) is 46.1 Å². The van der Waals surface area contributed by atoms with E-state index in [2.05, 4.69) is 29.7 Å². The Labute approximate surface area is 267 Å². The molecule has 0 atom stereocenters. The van der Waals surface area contributed by atoms with Crippen LogP contribution in [0, 0.1) is 0 Å². The van der Waals surface area contributed by atoms with Crippen molar-refractivity contribution in [3.05, 3.63) is 120 Å². The first-order valence-corrected chi connectivity index (χ1v) is 16.4. The second-order valence-electron chi connectivity index (χ2n) is 9.30. The molecule has 0 aliphatic carbocycles. The van der Waals surface area contributed by atoms with Gasteiger partial charge in [-0.2, -0.15) is 14.3 Å². The molecule has 0 unspecified atom stereocenters. The highest BCUT2D eigenvalue weighted by molar-refractivity contribution is 6.87. The fourth-order valence-electron chi connectivity index (χ4n) is 4.18. The first-order valence-electron chi connectivity index (χ1n) is 14.5.